The first-order valence-corrected chi connectivity index (χ1v) is 19.7. The Kier molecular flexibility index (Phi) is 28.3. The minimum absolute atomic E-state index is 0.384. The lowest BCUT2D eigenvalue weighted by atomic mass is 10.0. The van der Waals surface area contributed by atoms with Gasteiger partial charge in [-0.05, 0) is 51.4 Å². The van der Waals surface area contributed by atoms with Crippen LogP contribution in [0.5, 0.6) is 5.75 Å². The topological polar surface area (TPSA) is 152 Å². The highest BCUT2D eigenvalue weighted by molar-refractivity contribution is 5.64. The Labute approximate surface area is 297 Å². The first-order chi connectivity index (χ1) is 23.6. The van der Waals surface area contributed by atoms with Gasteiger partial charge in [-0.15, -0.1) is 0 Å². The molecule has 1 rings (SSSR count). The van der Waals surface area contributed by atoms with Crippen molar-refractivity contribution < 1.29 is 24.4 Å². The number of hydrogen-bond donors (Lipinski definition) is 0. The van der Waals surface area contributed by atoms with E-state index in [1.165, 1.54) is 185 Å². The Morgan fingerprint density at radius 2 is 0.673 bits per heavy atom. The zero-order valence-electron chi connectivity index (χ0n) is 31.6. The molecule has 49 heavy (non-hydrogen) atoms. The summed E-state index contributed by atoms with van der Waals surface area (Å²) >= 11 is 0. The highest BCUT2D eigenvalue weighted by Gasteiger charge is 2.26. The van der Waals surface area contributed by atoms with E-state index in [0.29, 0.717) is 12.1 Å². The molecular weight excluding hydrogens is 624 g/mol. The summed E-state index contributed by atoms with van der Waals surface area (Å²) in [6, 6.07) is 0.769. The standard InChI is InChI=1S/C32H68N.C6H3N3O7/c1-5-9-13-17-21-25-29-33(30-26-22-18-14-10-6-2,31-27-23-19-15-11-7-3)32-28-24-20-16-12-8-4;10-6-4(8(13)14)1-3(7(11)12)2-5(6)9(15)16/h5-32H2,1-4H3;1-2,10H/q+1;/p-1. The maximum absolute atomic E-state index is 11.1. The normalized spacial score (nSPS) is 11.3. The van der Waals surface area contributed by atoms with E-state index < -0.39 is 37.6 Å². The number of nitro groups is 3. The van der Waals surface area contributed by atoms with Crippen molar-refractivity contribution in [2.24, 2.45) is 0 Å². The van der Waals surface area contributed by atoms with Gasteiger partial charge in [-0.25, -0.2) is 0 Å². The van der Waals surface area contributed by atoms with Gasteiger partial charge in [0.25, 0.3) is 17.1 Å². The molecule has 0 bridgehead atoms. The number of nitro benzene ring substituents is 3. The Balaban J connectivity index is 0.00000119. The van der Waals surface area contributed by atoms with Crippen molar-refractivity contribution >= 4 is 17.1 Å². The number of benzene rings is 1. The maximum Gasteiger partial charge on any atom is 0.283 e. The summed E-state index contributed by atoms with van der Waals surface area (Å²) in [4.78, 5) is 27.5. The summed E-state index contributed by atoms with van der Waals surface area (Å²) in [5.74, 6) is -1.46. The molecule has 0 aliphatic rings. The van der Waals surface area contributed by atoms with Crippen LogP contribution in [0, 0.1) is 30.3 Å². The molecule has 11 nitrogen and oxygen atoms in total. The van der Waals surface area contributed by atoms with Crippen molar-refractivity contribution in [1.29, 1.82) is 0 Å². The highest BCUT2D eigenvalue weighted by atomic mass is 16.6. The van der Waals surface area contributed by atoms with Crippen molar-refractivity contribution in [3.63, 3.8) is 0 Å². The van der Waals surface area contributed by atoms with Gasteiger partial charge < -0.3 is 9.59 Å². The lowest BCUT2D eigenvalue weighted by molar-refractivity contribution is -0.929. The molecule has 0 fully saturated rings. The average Bonchev–Trinajstić information content (AvgIpc) is 3.07. The van der Waals surface area contributed by atoms with Crippen molar-refractivity contribution in [3.05, 3.63) is 42.5 Å². The van der Waals surface area contributed by atoms with Crippen LogP contribution in [0.25, 0.3) is 0 Å². The van der Waals surface area contributed by atoms with Crippen LogP contribution in [0.2, 0.25) is 0 Å². The van der Waals surface area contributed by atoms with Gasteiger partial charge in [0.05, 0.1) is 58.8 Å². The number of hydrogen-bond acceptors (Lipinski definition) is 7. The Morgan fingerprint density at radius 1 is 0.429 bits per heavy atom. The van der Waals surface area contributed by atoms with Gasteiger partial charge in [0, 0.05) is 0 Å². The Bertz CT molecular complexity index is 917. The van der Waals surface area contributed by atoms with Crippen molar-refractivity contribution in [3.8, 4) is 5.75 Å². The average molecular weight is 695 g/mol. The first kappa shape index (κ1) is 46.2. The highest BCUT2D eigenvalue weighted by Crippen LogP contribution is 2.37. The molecule has 0 aliphatic heterocycles. The summed E-state index contributed by atoms with van der Waals surface area (Å²) in [6.07, 6.45) is 34.8. The van der Waals surface area contributed by atoms with Gasteiger partial charge in [0.15, 0.2) is 0 Å². The zero-order valence-corrected chi connectivity index (χ0v) is 31.6. The molecule has 0 aliphatic carbocycles. The summed E-state index contributed by atoms with van der Waals surface area (Å²) < 4.78 is 1.48. The molecule has 0 amide bonds. The van der Waals surface area contributed by atoms with Gasteiger partial charge >= 0.3 is 0 Å². The molecule has 0 saturated heterocycles. The van der Waals surface area contributed by atoms with E-state index in [0.717, 1.165) is 0 Å². The fraction of sp³-hybridized carbons (Fsp3) is 0.842. The van der Waals surface area contributed by atoms with Gasteiger partial charge in [-0.2, -0.15) is 0 Å². The van der Waals surface area contributed by atoms with Crippen LogP contribution in [0.15, 0.2) is 12.1 Å². The van der Waals surface area contributed by atoms with Gasteiger partial charge in [0.2, 0.25) is 0 Å². The molecule has 0 spiro atoms. The van der Waals surface area contributed by atoms with E-state index in [1.54, 1.807) is 0 Å². The summed E-state index contributed by atoms with van der Waals surface area (Å²) in [5.41, 5.74) is -3.26. The second kappa shape index (κ2) is 30.0. The van der Waals surface area contributed by atoms with Gasteiger partial charge in [-0.3, -0.25) is 30.3 Å². The predicted molar refractivity (Wildman–Crippen MR) is 199 cm³/mol. The number of non-ortho nitro benzene ring substituents is 1. The lowest BCUT2D eigenvalue weighted by Gasteiger charge is -2.40. The molecule has 0 radical (unpaired) electrons. The minimum atomic E-state index is -1.46. The number of rotatable bonds is 31. The van der Waals surface area contributed by atoms with Crippen LogP contribution in [0.3, 0.4) is 0 Å². The molecule has 0 N–H and O–H groups in total. The zero-order chi connectivity index (χ0) is 36.8. The van der Waals surface area contributed by atoms with E-state index in [1.807, 2.05) is 0 Å². The monoisotopic (exact) mass is 695 g/mol. The third-order valence-corrected chi connectivity index (χ3v) is 9.58. The minimum Gasteiger partial charge on any atom is -0.863 e. The molecule has 284 valence electrons. The molecular formula is C38H70N4O7. The first-order valence-electron chi connectivity index (χ1n) is 19.7. The molecule has 0 heterocycles. The summed E-state index contributed by atoms with van der Waals surface area (Å²) in [6.45, 7) is 15.3. The second-order valence-electron chi connectivity index (χ2n) is 13.9. The maximum atomic E-state index is 11.1. The van der Waals surface area contributed by atoms with Crippen LogP contribution >= 0.6 is 0 Å². The molecule has 1 aromatic rings. The molecule has 0 aromatic heterocycles. The molecule has 0 saturated carbocycles. The molecule has 1 aromatic carbocycles. The third-order valence-electron chi connectivity index (χ3n) is 9.58. The summed E-state index contributed by atoms with van der Waals surface area (Å²) in [5, 5.41) is 42.1. The van der Waals surface area contributed by atoms with Crippen LogP contribution in [-0.4, -0.2) is 45.4 Å². The number of quaternary nitrogens is 1. The third kappa shape index (κ3) is 22.5. The van der Waals surface area contributed by atoms with E-state index in [-0.39, 0.29) is 0 Å². The molecule has 11 heteroatoms. The van der Waals surface area contributed by atoms with Crippen LogP contribution in [0.1, 0.15) is 182 Å². The molecule has 0 unspecified atom stereocenters. The predicted octanol–water partition coefficient (Wildman–Crippen LogP) is 11.7. The Hall–Kier alpha value is -2.82. The van der Waals surface area contributed by atoms with Crippen molar-refractivity contribution in [1.82, 2.24) is 0 Å². The van der Waals surface area contributed by atoms with Crippen LogP contribution < -0.4 is 5.11 Å². The van der Waals surface area contributed by atoms with Crippen molar-refractivity contribution in [2.75, 3.05) is 26.2 Å². The van der Waals surface area contributed by atoms with E-state index in [4.69, 9.17) is 0 Å². The number of unbranched alkanes of at least 4 members (excludes halogenated alkanes) is 20. The fourth-order valence-electron chi connectivity index (χ4n) is 6.54. The summed E-state index contributed by atoms with van der Waals surface area (Å²) in [7, 11) is 0. The quantitative estimate of drug-likeness (QED) is 0.0324. The second-order valence-corrected chi connectivity index (χ2v) is 13.9. The van der Waals surface area contributed by atoms with Crippen LogP contribution in [0.4, 0.5) is 17.1 Å². The molecule has 0 atom stereocenters. The Morgan fingerprint density at radius 3 is 0.898 bits per heavy atom. The smallest absolute Gasteiger partial charge is 0.283 e. The van der Waals surface area contributed by atoms with Gasteiger partial charge in [-0.1, -0.05) is 130 Å². The van der Waals surface area contributed by atoms with Gasteiger partial charge in [0.1, 0.15) is 0 Å². The van der Waals surface area contributed by atoms with E-state index >= 15 is 0 Å². The fourth-order valence-corrected chi connectivity index (χ4v) is 6.54. The van der Waals surface area contributed by atoms with Crippen LogP contribution in [-0.2, 0) is 0 Å². The number of nitrogens with zero attached hydrogens (tertiary/aromatic N) is 4. The lowest BCUT2D eigenvalue weighted by Crippen LogP contribution is -2.50. The van der Waals surface area contributed by atoms with E-state index in [2.05, 4.69) is 27.7 Å². The van der Waals surface area contributed by atoms with Crippen molar-refractivity contribution in [2.45, 2.75) is 182 Å². The van der Waals surface area contributed by atoms with E-state index in [9.17, 15) is 35.4 Å². The SMILES string of the molecule is CCCCCCCC[N+](CCCCCCCC)(CCCCCCCC)CCCCCCCC.O=[N+]([O-])c1cc([N+](=O)[O-])c([O-])c([N+](=O)[O-])c1. The largest absolute Gasteiger partial charge is 0.863 e.